The highest BCUT2D eigenvalue weighted by Crippen LogP contribution is 2.13. The average Bonchev–Trinajstić information content (AvgIpc) is 2.53. The van der Waals surface area contributed by atoms with Crippen LogP contribution in [0.25, 0.3) is 0 Å². The molecule has 0 aliphatic carbocycles. The number of likely N-dealkylation sites (N-methyl/N-ethyl adjacent to an activating group) is 2. The van der Waals surface area contributed by atoms with E-state index < -0.39 is 24.3 Å². The van der Waals surface area contributed by atoms with Gasteiger partial charge in [-0.1, -0.05) is 6.07 Å². The number of carbonyl (C=O) groups is 2. The molecule has 0 saturated heterocycles. The average molecular weight is 409 g/mol. The third-order valence-corrected chi connectivity index (χ3v) is 2.45. The molecule has 0 fully saturated rings. The van der Waals surface area contributed by atoms with Crippen LogP contribution >= 0.6 is 0 Å². The molecule has 0 bridgehead atoms. The van der Waals surface area contributed by atoms with Gasteiger partial charge in [0.15, 0.2) is 0 Å². The van der Waals surface area contributed by atoms with Gasteiger partial charge < -0.3 is 25.8 Å². The molecule has 1 atom stereocenters. The van der Waals surface area contributed by atoms with E-state index in [1.165, 1.54) is 6.07 Å². The zero-order valence-corrected chi connectivity index (χ0v) is 13.9. The Morgan fingerprint density at radius 2 is 1.44 bits per heavy atom. The van der Waals surface area contributed by atoms with Gasteiger partial charge in [0.05, 0.1) is 0 Å². The summed E-state index contributed by atoms with van der Waals surface area (Å²) in [7, 11) is 3.79. The van der Waals surface area contributed by atoms with Gasteiger partial charge in [0.25, 0.3) is 0 Å². The number of carboxylic acids is 2. The highest BCUT2D eigenvalue weighted by atomic mass is 19.4. The molecule has 0 amide bonds. The largest absolute Gasteiger partial charge is 0.490 e. The zero-order chi connectivity index (χ0) is 21.8. The number of halogens is 6. The maximum atomic E-state index is 10.8. The number of nitrogens with one attached hydrogen (secondary N) is 3. The third-order valence-electron chi connectivity index (χ3n) is 2.45. The predicted octanol–water partition coefficient (Wildman–Crippen LogP) is 1.12. The maximum Gasteiger partial charge on any atom is 0.490 e. The van der Waals surface area contributed by atoms with E-state index in [9.17, 15) is 31.1 Å². The van der Waals surface area contributed by atoms with Crippen molar-refractivity contribution in [3.8, 4) is 0 Å². The van der Waals surface area contributed by atoms with Crippen molar-refractivity contribution in [1.29, 1.82) is 0 Å². The van der Waals surface area contributed by atoms with Crippen LogP contribution in [-0.2, 0) is 9.59 Å². The van der Waals surface area contributed by atoms with Crippen molar-refractivity contribution >= 4 is 11.9 Å². The smallest absolute Gasteiger partial charge is 0.475 e. The summed E-state index contributed by atoms with van der Waals surface area (Å²) in [6.07, 6.45) is -8.43. The Kier molecular flexibility index (Phi) is 11.7. The molecule has 0 aliphatic rings. The van der Waals surface area contributed by atoms with Gasteiger partial charge in [-0.2, -0.15) is 26.3 Å². The number of aliphatic carboxylic acids is 2. The summed E-state index contributed by atoms with van der Waals surface area (Å²) in [5.74, 6) is -5.51. The van der Waals surface area contributed by atoms with Crippen molar-refractivity contribution in [3.63, 3.8) is 0 Å². The van der Waals surface area contributed by atoms with Gasteiger partial charge in [0.2, 0.25) is 5.56 Å². The molecule has 8 nitrogen and oxygen atoms in total. The van der Waals surface area contributed by atoms with Gasteiger partial charge in [0, 0.05) is 24.8 Å². The topological polar surface area (TPSA) is 132 Å². The Labute approximate surface area is 148 Å². The summed E-state index contributed by atoms with van der Waals surface area (Å²) >= 11 is 0. The fraction of sp³-hybridized carbons (Fsp3) is 0.462. The van der Waals surface area contributed by atoms with E-state index in [1.807, 2.05) is 20.2 Å². The van der Waals surface area contributed by atoms with E-state index >= 15 is 0 Å². The van der Waals surface area contributed by atoms with Crippen molar-refractivity contribution in [2.75, 3.05) is 20.6 Å². The summed E-state index contributed by atoms with van der Waals surface area (Å²) in [5.41, 5.74) is 1.01. The molecule has 0 saturated carbocycles. The minimum Gasteiger partial charge on any atom is -0.475 e. The molecule has 1 heterocycles. The minimum atomic E-state index is -5.08. The Bertz CT molecular complexity index is 600. The molecule has 1 unspecified atom stereocenters. The number of rotatable bonds is 4. The number of aromatic amines is 1. The monoisotopic (exact) mass is 409 g/mol. The second-order valence-corrected chi connectivity index (χ2v) is 4.49. The maximum absolute atomic E-state index is 10.8. The lowest BCUT2D eigenvalue weighted by Crippen LogP contribution is -2.27. The van der Waals surface area contributed by atoms with Gasteiger partial charge in [-0.15, -0.1) is 0 Å². The minimum absolute atomic E-state index is 0.0666. The van der Waals surface area contributed by atoms with Crippen LogP contribution in [0.5, 0.6) is 0 Å². The van der Waals surface area contributed by atoms with E-state index in [2.05, 4.69) is 15.6 Å². The van der Waals surface area contributed by atoms with Gasteiger partial charge in [0.1, 0.15) is 0 Å². The lowest BCUT2D eigenvalue weighted by Gasteiger charge is -2.15. The molecule has 0 spiro atoms. The molecule has 5 N–H and O–H groups in total. The Morgan fingerprint density at radius 1 is 1.04 bits per heavy atom. The fourth-order valence-electron chi connectivity index (χ4n) is 1.23. The van der Waals surface area contributed by atoms with Gasteiger partial charge in [-0.25, -0.2) is 9.59 Å². The van der Waals surface area contributed by atoms with Crippen LogP contribution in [0.15, 0.2) is 23.1 Å². The first-order valence-corrected chi connectivity index (χ1v) is 6.77. The van der Waals surface area contributed by atoms with Crippen LogP contribution < -0.4 is 16.2 Å². The quantitative estimate of drug-likeness (QED) is 0.471. The molecular formula is C13H17F6N3O5. The number of aromatic nitrogens is 1. The normalized spacial score (nSPS) is 12.0. The van der Waals surface area contributed by atoms with Crippen molar-refractivity contribution < 1.29 is 46.1 Å². The third kappa shape index (κ3) is 13.3. The number of carboxylic acid groups (broad SMARTS) is 2. The molecule has 0 aliphatic heterocycles. The standard InChI is InChI=1S/C9H15N3O.2C2HF3O2/c1-10-6-8(11-2)7-3-4-9(13)12-5-7;2*3-2(4,5)1(6)7/h3-5,8,10-11H,6H2,1-2H3,(H,12,13);2*(H,6,7). The first-order valence-electron chi connectivity index (χ1n) is 6.77. The predicted molar refractivity (Wildman–Crippen MR) is 80.2 cm³/mol. The summed E-state index contributed by atoms with van der Waals surface area (Å²) in [5, 5.41) is 20.5. The van der Waals surface area contributed by atoms with Gasteiger partial charge in [-0.05, 0) is 19.7 Å². The SMILES string of the molecule is CNCC(NC)c1ccc(=O)[nH]c1.O=C(O)C(F)(F)F.O=C(O)C(F)(F)F. The lowest BCUT2D eigenvalue weighted by molar-refractivity contribution is -0.193. The molecule has 0 aromatic carbocycles. The van der Waals surface area contributed by atoms with E-state index in [1.54, 1.807) is 6.20 Å². The molecule has 1 rings (SSSR count). The summed E-state index contributed by atoms with van der Waals surface area (Å²) in [6, 6.07) is 3.61. The number of hydrogen-bond donors (Lipinski definition) is 5. The first kappa shape index (κ1) is 26.6. The fourth-order valence-corrected chi connectivity index (χ4v) is 1.23. The zero-order valence-electron chi connectivity index (χ0n) is 13.9. The van der Waals surface area contributed by atoms with Crippen molar-refractivity contribution in [1.82, 2.24) is 15.6 Å². The molecule has 156 valence electrons. The number of H-pyrrole nitrogens is 1. The molecule has 1 aromatic rings. The highest BCUT2D eigenvalue weighted by Gasteiger charge is 2.38. The Hall–Kier alpha value is -2.61. The van der Waals surface area contributed by atoms with E-state index in [0.29, 0.717) is 0 Å². The van der Waals surface area contributed by atoms with Crippen LogP contribution in [0.4, 0.5) is 26.3 Å². The summed E-state index contributed by atoms with van der Waals surface area (Å²) in [4.78, 5) is 31.2. The van der Waals surface area contributed by atoms with Crippen LogP contribution in [0.2, 0.25) is 0 Å². The Morgan fingerprint density at radius 3 is 1.67 bits per heavy atom. The molecule has 14 heteroatoms. The van der Waals surface area contributed by atoms with Gasteiger partial charge in [-0.3, -0.25) is 4.79 Å². The molecule has 1 aromatic heterocycles. The summed E-state index contributed by atoms with van der Waals surface area (Å²) < 4.78 is 63.5. The first-order chi connectivity index (χ1) is 12.2. The van der Waals surface area contributed by atoms with Crippen molar-refractivity contribution in [2.45, 2.75) is 18.4 Å². The molecule has 0 radical (unpaired) electrons. The number of alkyl halides is 6. The second kappa shape index (κ2) is 11.9. The number of hydrogen-bond acceptors (Lipinski definition) is 5. The highest BCUT2D eigenvalue weighted by molar-refractivity contribution is 5.73. The number of pyridine rings is 1. The van der Waals surface area contributed by atoms with Crippen LogP contribution in [0, 0.1) is 0 Å². The Balaban J connectivity index is 0. The summed E-state index contributed by atoms with van der Waals surface area (Å²) in [6.45, 7) is 0.836. The van der Waals surface area contributed by atoms with Crippen molar-refractivity contribution in [2.24, 2.45) is 0 Å². The van der Waals surface area contributed by atoms with E-state index in [0.717, 1.165) is 12.1 Å². The van der Waals surface area contributed by atoms with Gasteiger partial charge >= 0.3 is 24.3 Å². The second-order valence-electron chi connectivity index (χ2n) is 4.49. The van der Waals surface area contributed by atoms with Crippen LogP contribution in [0.3, 0.4) is 0 Å². The van der Waals surface area contributed by atoms with E-state index in [-0.39, 0.29) is 11.6 Å². The van der Waals surface area contributed by atoms with Crippen LogP contribution in [-0.4, -0.2) is 60.1 Å². The van der Waals surface area contributed by atoms with E-state index in [4.69, 9.17) is 19.8 Å². The molecule has 27 heavy (non-hydrogen) atoms. The molecular weight excluding hydrogens is 392 g/mol. The lowest BCUT2D eigenvalue weighted by atomic mass is 10.1. The van der Waals surface area contributed by atoms with Crippen molar-refractivity contribution in [3.05, 3.63) is 34.2 Å². The van der Waals surface area contributed by atoms with Crippen LogP contribution in [0.1, 0.15) is 11.6 Å².